The van der Waals surface area contributed by atoms with E-state index in [2.05, 4.69) is 65.8 Å². The van der Waals surface area contributed by atoms with E-state index >= 15 is 0 Å². The van der Waals surface area contributed by atoms with Crippen LogP contribution in [-0.4, -0.2) is 16.1 Å². The second-order valence-electron chi connectivity index (χ2n) is 6.44. The van der Waals surface area contributed by atoms with E-state index in [-0.39, 0.29) is 11.9 Å². The van der Waals surface area contributed by atoms with Gasteiger partial charge in [0.25, 0.3) is 0 Å². The molecule has 1 aromatic heterocycles. The monoisotopic (exact) mass is 365 g/mol. The molecule has 0 saturated heterocycles. The third-order valence-corrected chi connectivity index (χ3v) is 5.34. The van der Waals surface area contributed by atoms with Gasteiger partial charge in [0.05, 0.1) is 6.04 Å². The van der Waals surface area contributed by atoms with Gasteiger partial charge in [-0.25, -0.2) is 0 Å². The van der Waals surface area contributed by atoms with Crippen molar-refractivity contribution in [3.8, 4) is 10.6 Å². The first-order valence-electron chi connectivity index (χ1n) is 8.80. The summed E-state index contributed by atoms with van der Waals surface area (Å²) < 4.78 is 0. The lowest BCUT2D eigenvalue weighted by molar-refractivity contribution is -0.119. The molecule has 1 unspecified atom stereocenters. The number of rotatable bonds is 6. The van der Waals surface area contributed by atoms with Gasteiger partial charge in [0.15, 0.2) is 0 Å². The molecule has 0 aliphatic heterocycles. The molecule has 1 N–H and O–H groups in total. The van der Waals surface area contributed by atoms with Gasteiger partial charge in [-0.3, -0.25) is 4.79 Å². The van der Waals surface area contributed by atoms with E-state index in [1.54, 1.807) is 0 Å². The standard InChI is InChI=1S/C21H23N3OS/c1-4-16-8-10-17(11-9-16)13-19(22-15(3)25)21-24-23-20(26-21)18-7-5-6-14(2)12-18/h5-12,19H,4,13H2,1-3H3,(H,22,25). The van der Waals surface area contributed by atoms with Gasteiger partial charge in [-0.2, -0.15) is 0 Å². The smallest absolute Gasteiger partial charge is 0.217 e. The minimum absolute atomic E-state index is 0.0625. The number of carbonyl (C=O) groups is 1. The zero-order valence-electron chi connectivity index (χ0n) is 15.3. The maximum Gasteiger partial charge on any atom is 0.217 e. The normalized spacial score (nSPS) is 12.0. The molecule has 1 atom stereocenters. The lowest BCUT2D eigenvalue weighted by Crippen LogP contribution is -2.27. The molecular formula is C21H23N3OS. The Balaban J connectivity index is 1.84. The maximum atomic E-state index is 11.7. The van der Waals surface area contributed by atoms with E-state index in [0.29, 0.717) is 6.42 Å². The number of benzene rings is 2. The summed E-state index contributed by atoms with van der Waals surface area (Å²) in [6.45, 7) is 5.74. The average Bonchev–Trinajstić information content (AvgIpc) is 3.11. The molecule has 0 aliphatic rings. The summed E-state index contributed by atoms with van der Waals surface area (Å²) in [4.78, 5) is 11.7. The fourth-order valence-corrected chi connectivity index (χ4v) is 3.75. The van der Waals surface area contributed by atoms with E-state index in [4.69, 9.17) is 0 Å². The molecule has 134 valence electrons. The Hall–Kier alpha value is -2.53. The van der Waals surface area contributed by atoms with Crippen LogP contribution in [0.25, 0.3) is 10.6 Å². The molecule has 3 rings (SSSR count). The Kier molecular flexibility index (Phi) is 5.78. The number of aromatic nitrogens is 2. The van der Waals surface area contributed by atoms with Crippen LogP contribution in [-0.2, 0) is 17.6 Å². The molecule has 0 radical (unpaired) electrons. The minimum Gasteiger partial charge on any atom is -0.347 e. The molecule has 5 heteroatoms. The molecule has 0 spiro atoms. The number of hydrogen-bond donors (Lipinski definition) is 1. The summed E-state index contributed by atoms with van der Waals surface area (Å²) in [5.41, 5.74) is 4.73. The fourth-order valence-electron chi connectivity index (χ4n) is 2.86. The third-order valence-electron chi connectivity index (χ3n) is 4.25. The number of carbonyl (C=O) groups excluding carboxylic acids is 1. The third kappa shape index (κ3) is 4.55. The molecule has 2 aromatic carbocycles. The van der Waals surface area contributed by atoms with Crippen LogP contribution < -0.4 is 5.32 Å². The number of nitrogens with one attached hydrogen (secondary N) is 1. The van der Waals surface area contributed by atoms with Crippen LogP contribution in [0.15, 0.2) is 48.5 Å². The number of nitrogens with zero attached hydrogens (tertiary/aromatic N) is 2. The van der Waals surface area contributed by atoms with Crippen molar-refractivity contribution >= 4 is 17.2 Å². The molecule has 3 aromatic rings. The molecule has 1 heterocycles. The summed E-state index contributed by atoms with van der Waals surface area (Å²) >= 11 is 1.53. The first-order chi connectivity index (χ1) is 12.5. The second-order valence-corrected chi connectivity index (χ2v) is 7.45. The Morgan fingerprint density at radius 2 is 1.85 bits per heavy atom. The Morgan fingerprint density at radius 3 is 2.50 bits per heavy atom. The highest BCUT2D eigenvalue weighted by Gasteiger charge is 2.19. The van der Waals surface area contributed by atoms with E-state index < -0.39 is 0 Å². The Morgan fingerprint density at radius 1 is 1.12 bits per heavy atom. The first kappa shape index (κ1) is 18.3. The predicted octanol–water partition coefficient (Wildman–Crippen LogP) is 4.50. The van der Waals surface area contributed by atoms with Gasteiger partial charge in [0, 0.05) is 12.5 Å². The molecule has 0 fully saturated rings. The molecule has 0 bridgehead atoms. The summed E-state index contributed by atoms with van der Waals surface area (Å²) in [6, 6.07) is 16.6. The molecule has 4 nitrogen and oxygen atoms in total. The van der Waals surface area contributed by atoms with E-state index in [1.807, 2.05) is 12.1 Å². The Labute approximate surface area is 158 Å². The summed E-state index contributed by atoms with van der Waals surface area (Å²) in [6.07, 6.45) is 1.72. The van der Waals surface area contributed by atoms with Crippen molar-refractivity contribution in [2.45, 2.75) is 39.7 Å². The lowest BCUT2D eigenvalue weighted by atomic mass is 10.0. The summed E-state index contributed by atoms with van der Waals surface area (Å²) in [5, 5.41) is 13.4. The van der Waals surface area contributed by atoms with Crippen molar-refractivity contribution in [2.24, 2.45) is 0 Å². The molecule has 0 aliphatic carbocycles. The van der Waals surface area contributed by atoms with Crippen molar-refractivity contribution in [3.63, 3.8) is 0 Å². The molecular weight excluding hydrogens is 342 g/mol. The zero-order valence-corrected chi connectivity index (χ0v) is 16.1. The van der Waals surface area contributed by atoms with Crippen molar-refractivity contribution in [2.75, 3.05) is 0 Å². The highest BCUT2D eigenvalue weighted by molar-refractivity contribution is 7.14. The minimum atomic E-state index is -0.170. The van der Waals surface area contributed by atoms with Crippen LogP contribution in [0.4, 0.5) is 0 Å². The summed E-state index contributed by atoms with van der Waals surface area (Å²) in [5.74, 6) is -0.0625. The zero-order chi connectivity index (χ0) is 18.5. The van der Waals surface area contributed by atoms with Crippen LogP contribution in [0.1, 0.15) is 41.6 Å². The number of amides is 1. The SMILES string of the molecule is CCc1ccc(CC(NC(C)=O)c2nnc(-c3cccc(C)c3)s2)cc1. The van der Waals surface area contributed by atoms with Crippen LogP contribution >= 0.6 is 11.3 Å². The van der Waals surface area contributed by atoms with Gasteiger partial charge in [0.2, 0.25) is 5.91 Å². The quantitative estimate of drug-likeness (QED) is 0.700. The van der Waals surface area contributed by atoms with Crippen molar-refractivity contribution < 1.29 is 4.79 Å². The molecule has 0 saturated carbocycles. The largest absolute Gasteiger partial charge is 0.347 e. The van der Waals surface area contributed by atoms with E-state index in [1.165, 1.54) is 35.0 Å². The summed E-state index contributed by atoms with van der Waals surface area (Å²) in [7, 11) is 0. The van der Waals surface area contributed by atoms with Gasteiger partial charge >= 0.3 is 0 Å². The van der Waals surface area contributed by atoms with Crippen LogP contribution in [0, 0.1) is 6.92 Å². The predicted molar refractivity (Wildman–Crippen MR) is 106 cm³/mol. The topological polar surface area (TPSA) is 54.9 Å². The van der Waals surface area contributed by atoms with Gasteiger partial charge < -0.3 is 5.32 Å². The van der Waals surface area contributed by atoms with E-state index in [9.17, 15) is 4.79 Å². The fraction of sp³-hybridized carbons (Fsp3) is 0.286. The molecule has 26 heavy (non-hydrogen) atoms. The second kappa shape index (κ2) is 8.23. The number of aryl methyl sites for hydroxylation is 2. The van der Waals surface area contributed by atoms with Crippen molar-refractivity contribution in [1.82, 2.24) is 15.5 Å². The highest BCUT2D eigenvalue weighted by Crippen LogP contribution is 2.29. The maximum absolute atomic E-state index is 11.7. The first-order valence-corrected chi connectivity index (χ1v) is 9.62. The van der Waals surface area contributed by atoms with Crippen LogP contribution in [0.2, 0.25) is 0 Å². The van der Waals surface area contributed by atoms with Gasteiger partial charge in [-0.05, 0) is 37.0 Å². The van der Waals surface area contributed by atoms with Crippen molar-refractivity contribution in [1.29, 1.82) is 0 Å². The van der Waals surface area contributed by atoms with Gasteiger partial charge in [-0.1, -0.05) is 66.3 Å². The van der Waals surface area contributed by atoms with Crippen LogP contribution in [0.3, 0.4) is 0 Å². The van der Waals surface area contributed by atoms with Gasteiger partial charge in [-0.15, -0.1) is 10.2 Å². The van der Waals surface area contributed by atoms with Gasteiger partial charge in [0.1, 0.15) is 10.0 Å². The Bertz CT molecular complexity index is 886. The number of hydrogen-bond acceptors (Lipinski definition) is 4. The van der Waals surface area contributed by atoms with Crippen LogP contribution in [0.5, 0.6) is 0 Å². The lowest BCUT2D eigenvalue weighted by Gasteiger charge is -2.15. The molecule has 1 amide bonds. The highest BCUT2D eigenvalue weighted by atomic mass is 32.1. The van der Waals surface area contributed by atoms with E-state index in [0.717, 1.165) is 22.0 Å². The van der Waals surface area contributed by atoms with Crippen molar-refractivity contribution in [3.05, 3.63) is 70.2 Å². The average molecular weight is 366 g/mol.